The fourth-order valence-electron chi connectivity index (χ4n) is 2.19. The number of nitrogens with zero attached hydrogens (tertiary/aromatic N) is 1. The van der Waals surface area contributed by atoms with Crippen molar-refractivity contribution in [1.82, 2.24) is 10.2 Å². The van der Waals surface area contributed by atoms with E-state index in [-0.39, 0.29) is 6.23 Å². The molecule has 4 heteroatoms. The molecule has 0 bridgehead atoms. The van der Waals surface area contributed by atoms with Crippen LogP contribution in [-0.4, -0.2) is 49.7 Å². The highest BCUT2D eigenvalue weighted by Crippen LogP contribution is 2.10. The van der Waals surface area contributed by atoms with Crippen LogP contribution in [0.2, 0.25) is 0 Å². The average Bonchev–Trinajstić information content (AvgIpc) is 2.67. The van der Waals surface area contributed by atoms with Crippen LogP contribution < -0.4 is 5.32 Å². The molecule has 0 aromatic rings. The lowest BCUT2D eigenvalue weighted by Crippen LogP contribution is -2.43. The summed E-state index contributed by atoms with van der Waals surface area (Å²) >= 11 is 0. The van der Waals surface area contributed by atoms with E-state index in [2.05, 4.69) is 10.2 Å². The molecule has 2 saturated heterocycles. The van der Waals surface area contributed by atoms with E-state index in [9.17, 15) is 4.79 Å². The molecule has 2 fully saturated rings. The van der Waals surface area contributed by atoms with E-state index < -0.39 is 0 Å². The largest absolute Gasteiger partial charge is 0.355 e. The molecular weight excluding hydrogens is 180 g/mol. The van der Waals surface area contributed by atoms with Gasteiger partial charge in [-0.3, -0.25) is 10.1 Å². The van der Waals surface area contributed by atoms with Crippen molar-refractivity contribution in [1.29, 1.82) is 0 Å². The van der Waals surface area contributed by atoms with Crippen LogP contribution in [0.1, 0.15) is 19.3 Å². The van der Waals surface area contributed by atoms with Gasteiger partial charge in [0.1, 0.15) is 0 Å². The van der Waals surface area contributed by atoms with Gasteiger partial charge in [-0.2, -0.15) is 0 Å². The van der Waals surface area contributed by atoms with Crippen LogP contribution in [0, 0.1) is 0 Å². The van der Waals surface area contributed by atoms with E-state index in [0.29, 0.717) is 12.6 Å². The van der Waals surface area contributed by atoms with E-state index in [4.69, 9.17) is 4.74 Å². The second kappa shape index (κ2) is 4.87. The van der Waals surface area contributed by atoms with Crippen LogP contribution in [0.5, 0.6) is 0 Å². The SMILES string of the molecule is O=CC1NC(CN2CCCCC2)CO1. The maximum Gasteiger partial charge on any atom is 0.164 e. The summed E-state index contributed by atoms with van der Waals surface area (Å²) in [6, 6.07) is 0.336. The van der Waals surface area contributed by atoms with Crippen molar-refractivity contribution in [2.24, 2.45) is 0 Å². The highest BCUT2D eigenvalue weighted by molar-refractivity contribution is 5.55. The Morgan fingerprint density at radius 3 is 2.79 bits per heavy atom. The Balaban J connectivity index is 1.72. The summed E-state index contributed by atoms with van der Waals surface area (Å²) in [6.07, 6.45) is 4.44. The number of carbonyl (C=O) groups is 1. The average molecular weight is 198 g/mol. The summed E-state index contributed by atoms with van der Waals surface area (Å²) in [7, 11) is 0. The maximum absolute atomic E-state index is 10.4. The molecule has 1 N–H and O–H groups in total. The van der Waals surface area contributed by atoms with E-state index >= 15 is 0 Å². The van der Waals surface area contributed by atoms with Crippen LogP contribution in [0.25, 0.3) is 0 Å². The number of aldehydes is 1. The van der Waals surface area contributed by atoms with E-state index in [1.54, 1.807) is 0 Å². The van der Waals surface area contributed by atoms with E-state index in [1.165, 1.54) is 32.4 Å². The van der Waals surface area contributed by atoms with Gasteiger partial charge in [-0.05, 0) is 25.9 Å². The third-order valence-electron chi connectivity index (χ3n) is 2.93. The van der Waals surface area contributed by atoms with Crippen molar-refractivity contribution in [2.75, 3.05) is 26.2 Å². The molecular formula is C10H18N2O2. The Kier molecular flexibility index (Phi) is 3.50. The molecule has 0 aromatic carbocycles. The Morgan fingerprint density at radius 1 is 1.36 bits per heavy atom. The molecule has 0 saturated carbocycles. The summed E-state index contributed by atoms with van der Waals surface area (Å²) in [5, 5.41) is 3.16. The molecule has 2 aliphatic rings. The number of nitrogens with one attached hydrogen (secondary N) is 1. The second-order valence-corrected chi connectivity index (χ2v) is 4.11. The van der Waals surface area contributed by atoms with Gasteiger partial charge < -0.3 is 9.64 Å². The summed E-state index contributed by atoms with van der Waals surface area (Å²) in [6.45, 7) is 4.08. The van der Waals surface area contributed by atoms with Crippen molar-refractivity contribution in [3.63, 3.8) is 0 Å². The number of carbonyl (C=O) groups excluding carboxylic acids is 1. The minimum Gasteiger partial charge on any atom is -0.355 e. The molecule has 2 aliphatic heterocycles. The summed E-state index contributed by atoms with van der Waals surface area (Å²) in [4.78, 5) is 12.9. The van der Waals surface area contributed by atoms with Crippen LogP contribution in [0.3, 0.4) is 0 Å². The van der Waals surface area contributed by atoms with Crippen molar-refractivity contribution >= 4 is 6.29 Å². The van der Waals surface area contributed by atoms with E-state index in [1.807, 2.05) is 0 Å². The molecule has 2 heterocycles. The molecule has 4 nitrogen and oxygen atoms in total. The predicted molar refractivity (Wildman–Crippen MR) is 53.0 cm³/mol. The van der Waals surface area contributed by atoms with Gasteiger partial charge in [-0.25, -0.2) is 0 Å². The van der Waals surface area contributed by atoms with Crippen LogP contribution in [-0.2, 0) is 9.53 Å². The zero-order valence-corrected chi connectivity index (χ0v) is 8.45. The summed E-state index contributed by atoms with van der Waals surface area (Å²) in [5.41, 5.74) is 0. The Bertz CT molecular complexity index is 193. The normalized spacial score (nSPS) is 34.6. The molecule has 0 aromatic heterocycles. The van der Waals surface area contributed by atoms with Gasteiger partial charge in [0.05, 0.1) is 6.61 Å². The Morgan fingerprint density at radius 2 is 2.14 bits per heavy atom. The molecule has 2 rings (SSSR count). The number of likely N-dealkylation sites (tertiary alicyclic amines) is 1. The fraction of sp³-hybridized carbons (Fsp3) is 0.900. The van der Waals surface area contributed by atoms with Crippen LogP contribution in [0.15, 0.2) is 0 Å². The zero-order chi connectivity index (χ0) is 9.80. The number of hydrogen-bond donors (Lipinski definition) is 1. The number of ether oxygens (including phenoxy) is 1. The minimum atomic E-state index is -0.371. The molecule has 14 heavy (non-hydrogen) atoms. The second-order valence-electron chi connectivity index (χ2n) is 4.11. The molecule has 0 amide bonds. The quantitative estimate of drug-likeness (QED) is 0.647. The summed E-state index contributed by atoms with van der Waals surface area (Å²) < 4.78 is 5.25. The van der Waals surface area contributed by atoms with Gasteiger partial charge in [0.2, 0.25) is 0 Å². The van der Waals surface area contributed by atoms with Gasteiger partial charge in [0.15, 0.2) is 12.5 Å². The lowest BCUT2D eigenvalue weighted by atomic mass is 10.1. The first-order valence-corrected chi connectivity index (χ1v) is 5.44. The van der Waals surface area contributed by atoms with Crippen molar-refractivity contribution in [2.45, 2.75) is 31.5 Å². The van der Waals surface area contributed by atoms with Crippen molar-refractivity contribution in [3.05, 3.63) is 0 Å². The van der Waals surface area contributed by atoms with E-state index in [0.717, 1.165) is 12.8 Å². The fourth-order valence-corrected chi connectivity index (χ4v) is 2.19. The topological polar surface area (TPSA) is 41.6 Å². The molecule has 2 unspecified atom stereocenters. The Labute approximate surface area is 84.6 Å². The smallest absolute Gasteiger partial charge is 0.164 e. The lowest BCUT2D eigenvalue weighted by Gasteiger charge is -2.28. The molecule has 0 aliphatic carbocycles. The first-order chi connectivity index (χ1) is 6.88. The van der Waals surface area contributed by atoms with Crippen molar-refractivity contribution < 1.29 is 9.53 Å². The van der Waals surface area contributed by atoms with Crippen LogP contribution in [0.4, 0.5) is 0 Å². The van der Waals surface area contributed by atoms with Crippen LogP contribution >= 0.6 is 0 Å². The summed E-state index contributed by atoms with van der Waals surface area (Å²) in [5.74, 6) is 0. The standard InChI is InChI=1S/C10H18N2O2/c13-7-10-11-9(8-14-10)6-12-4-2-1-3-5-12/h7,9-11H,1-6,8H2. The van der Waals surface area contributed by atoms with Gasteiger partial charge in [-0.1, -0.05) is 6.42 Å². The first-order valence-electron chi connectivity index (χ1n) is 5.44. The third-order valence-corrected chi connectivity index (χ3v) is 2.93. The predicted octanol–water partition coefficient (Wildman–Crippen LogP) is -0.0143. The number of piperidine rings is 1. The lowest BCUT2D eigenvalue weighted by molar-refractivity contribution is -0.116. The van der Waals surface area contributed by atoms with Gasteiger partial charge in [0.25, 0.3) is 0 Å². The molecule has 0 radical (unpaired) electrons. The number of rotatable bonds is 3. The zero-order valence-electron chi connectivity index (χ0n) is 8.45. The molecule has 2 atom stereocenters. The highest BCUT2D eigenvalue weighted by atomic mass is 16.5. The van der Waals surface area contributed by atoms with Gasteiger partial charge in [-0.15, -0.1) is 0 Å². The van der Waals surface area contributed by atoms with Gasteiger partial charge in [0, 0.05) is 12.6 Å². The van der Waals surface area contributed by atoms with Crippen molar-refractivity contribution in [3.8, 4) is 0 Å². The molecule has 0 spiro atoms. The Hall–Kier alpha value is -0.450. The van der Waals surface area contributed by atoms with Gasteiger partial charge >= 0.3 is 0 Å². The third kappa shape index (κ3) is 2.53. The highest BCUT2D eigenvalue weighted by Gasteiger charge is 2.25. The monoisotopic (exact) mass is 198 g/mol. The minimum absolute atomic E-state index is 0.336. The molecule has 80 valence electrons. The number of hydrogen-bond acceptors (Lipinski definition) is 4. The first kappa shape index (κ1) is 10.1. The maximum atomic E-state index is 10.4.